The zero-order chi connectivity index (χ0) is 22.0. The highest BCUT2D eigenvalue weighted by molar-refractivity contribution is 6.25. The van der Waals surface area contributed by atoms with Crippen LogP contribution in [0.15, 0.2) is 12.4 Å². The molecule has 0 aromatic carbocycles. The van der Waals surface area contributed by atoms with Gasteiger partial charge in [0.05, 0.1) is 37.8 Å². The SMILES string of the molecule is COc1ncc(/C2=C/c3c(C)nc(N)nc3[C@@H](C3CC(OCCO)C3)CCC2=O)cn1. The number of nitrogens with two attached hydrogens (primary N) is 1. The standard InChI is InChI=1S/C22H27N5O4/c1-12-17-9-18(14-10-24-22(30-2)25-11-14)19(29)4-3-16(20(17)27-21(23)26-12)13-7-15(8-13)31-6-5-28/h9-11,13,15-16,28H,3-8H2,1-2H3,(H2,23,26,27)/b18-9-/t13?,15?,16-/m1/s1. The van der Waals surface area contributed by atoms with Gasteiger partial charge in [-0.25, -0.2) is 19.9 Å². The summed E-state index contributed by atoms with van der Waals surface area (Å²) >= 11 is 0. The third kappa shape index (κ3) is 4.42. The summed E-state index contributed by atoms with van der Waals surface area (Å²) in [5, 5.41) is 8.97. The second-order valence-electron chi connectivity index (χ2n) is 8.00. The first-order chi connectivity index (χ1) is 15.0. The molecule has 0 bridgehead atoms. The second kappa shape index (κ2) is 9.07. The lowest BCUT2D eigenvalue weighted by Crippen LogP contribution is -2.37. The predicted molar refractivity (Wildman–Crippen MR) is 114 cm³/mol. The monoisotopic (exact) mass is 425 g/mol. The van der Waals surface area contributed by atoms with Crippen LogP contribution in [-0.4, -0.2) is 57.3 Å². The summed E-state index contributed by atoms with van der Waals surface area (Å²) in [7, 11) is 1.50. The Kier molecular flexibility index (Phi) is 6.24. The number of hydrogen-bond donors (Lipinski definition) is 2. The molecular weight excluding hydrogens is 398 g/mol. The van der Waals surface area contributed by atoms with Crippen LogP contribution in [0.1, 0.15) is 54.1 Å². The fourth-order valence-electron chi connectivity index (χ4n) is 4.42. The fraction of sp³-hybridized carbons (Fsp3) is 0.500. The van der Waals surface area contributed by atoms with E-state index in [9.17, 15) is 4.79 Å². The zero-order valence-electron chi connectivity index (χ0n) is 17.7. The summed E-state index contributed by atoms with van der Waals surface area (Å²) in [6, 6.07) is 0.248. The number of carbonyl (C=O) groups is 1. The summed E-state index contributed by atoms with van der Waals surface area (Å²) in [4.78, 5) is 30.3. The van der Waals surface area contributed by atoms with Gasteiger partial charge in [-0.05, 0) is 38.2 Å². The summed E-state index contributed by atoms with van der Waals surface area (Å²) in [5.41, 5.74) is 9.62. The molecule has 2 aliphatic rings. The van der Waals surface area contributed by atoms with Crippen molar-refractivity contribution in [1.29, 1.82) is 0 Å². The van der Waals surface area contributed by atoms with Crippen LogP contribution in [0.25, 0.3) is 11.6 Å². The first-order valence-electron chi connectivity index (χ1n) is 10.5. The number of hydrogen-bond acceptors (Lipinski definition) is 9. The lowest BCUT2D eigenvalue weighted by molar-refractivity contribution is -0.114. The van der Waals surface area contributed by atoms with Crippen LogP contribution in [0, 0.1) is 12.8 Å². The van der Waals surface area contributed by atoms with Gasteiger partial charge in [0, 0.05) is 41.4 Å². The van der Waals surface area contributed by atoms with E-state index < -0.39 is 0 Å². The minimum atomic E-state index is 0.0214. The Balaban J connectivity index is 1.70. The van der Waals surface area contributed by atoms with Gasteiger partial charge >= 0.3 is 6.01 Å². The Hall–Kier alpha value is -2.91. The zero-order valence-corrected chi connectivity index (χ0v) is 17.7. The molecule has 0 unspecified atom stereocenters. The van der Waals surface area contributed by atoms with Crippen molar-refractivity contribution in [3.63, 3.8) is 0 Å². The van der Waals surface area contributed by atoms with Crippen LogP contribution >= 0.6 is 0 Å². The van der Waals surface area contributed by atoms with Crippen molar-refractivity contribution in [3.8, 4) is 6.01 Å². The molecule has 0 spiro atoms. The first-order valence-corrected chi connectivity index (χ1v) is 10.5. The van der Waals surface area contributed by atoms with Gasteiger partial charge in [-0.3, -0.25) is 4.79 Å². The molecule has 9 heteroatoms. The van der Waals surface area contributed by atoms with Gasteiger partial charge in [0.15, 0.2) is 5.78 Å². The maximum Gasteiger partial charge on any atom is 0.316 e. The highest BCUT2D eigenvalue weighted by Crippen LogP contribution is 2.45. The van der Waals surface area contributed by atoms with E-state index in [1.54, 1.807) is 12.4 Å². The summed E-state index contributed by atoms with van der Waals surface area (Å²) in [6.07, 6.45) is 8.01. The molecule has 2 aromatic heterocycles. The van der Waals surface area contributed by atoms with E-state index in [0.717, 1.165) is 29.8 Å². The van der Waals surface area contributed by atoms with E-state index in [4.69, 9.17) is 20.3 Å². The minimum Gasteiger partial charge on any atom is -0.467 e. The molecular formula is C22H27N5O4. The van der Waals surface area contributed by atoms with Crippen LogP contribution in [0.4, 0.5) is 5.95 Å². The van der Waals surface area contributed by atoms with Crippen LogP contribution < -0.4 is 10.5 Å². The molecule has 9 nitrogen and oxygen atoms in total. The Morgan fingerprint density at radius 1 is 1.23 bits per heavy atom. The molecule has 31 heavy (non-hydrogen) atoms. The van der Waals surface area contributed by atoms with Gasteiger partial charge < -0.3 is 20.3 Å². The van der Waals surface area contributed by atoms with Gasteiger partial charge in [0.2, 0.25) is 5.95 Å². The number of aliphatic hydroxyl groups excluding tert-OH is 1. The van der Waals surface area contributed by atoms with Crippen molar-refractivity contribution >= 4 is 23.4 Å². The largest absolute Gasteiger partial charge is 0.467 e. The number of carbonyl (C=O) groups excluding carboxylic acids is 1. The average molecular weight is 425 g/mol. The van der Waals surface area contributed by atoms with Crippen molar-refractivity contribution in [2.24, 2.45) is 5.92 Å². The number of Topliss-reactive ketones (excluding diaryl/α,β-unsaturated/α-hetero) is 1. The Labute approximate surface area is 180 Å². The first kappa shape index (κ1) is 21.3. The number of aromatic nitrogens is 4. The minimum absolute atomic E-state index is 0.0214. The molecule has 164 valence electrons. The highest BCUT2D eigenvalue weighted by Gasteiger charge is 2.39. The third-order valence-corrected chi connectivity index (χ3v) is 6.07. The number of aliphatic hydroxyl groups is 1. The fourth-order valence-corrected chi connectivity index (χ4v) is 4.42. The van der Waals surface area contributed by atoms with Gasteiger partial charge in [-0.2, -0.15) is 0 Å². The van der Waals surface area contributed by atoms with Gasteiger partial charge in [-0.1, -0.05) is 0 Å². The van der Waals surface area contributed by atoms with Crippen molar-refractivity contribution in [1.82, 2.24) is 19.9 Å². The van der Waals surface area contributed by atoms with Crippen molar-refractivity contribution in [2.45, 2.75) is 44.6 Å². The van der Waals surface area contributed by atoms with E-state index in [1.807, 2.05) is 13.0 Å². The normalized spacial score (nSPS) is 24.9. The van der Waals surface area contributed by atoms with Crippen LogP contribution in [0.2, 0.25) is 0 Å². The van der Waals surface area contributed by atoms with E-state index in [0.29, 0.717) is 36.5 Å². The predicted octanol–water partition coefficient (Wildman–Crippen LogP) is 1.94. The molecule has 0 aliphatic heterocycles. The molecule has 2 heterocycles. The second-order valence-corrected chi connectivity index (χ2v) is 8.00. The average Bonchev–Trinajstić information content (AvgIpc) is 2.72. The molecule has 1 fully saturated rings. The Morgan fingerprint density at radius 3 is 2.65 bits per heavy atom. The molecule has 0 radical (unpaired) electrons. The number of aryl methyl sites for hydroxylation is 1. The quantitative estimate of drug-likeness (QED) is 0.712. The number of rotatable bonds is 6. The maximum absolute atomic E-state index is 13.1. The van der Waals surface area contributed by atoms with E-state index in [-0.39, 0.29) is 36.4 Å². The maximum atomic E-state index is 13.1. The lowest BCUT2D eigenvalue weighted by Gasteiger charge is -2.41. The Bertz CT molecular complexity index is 986. The lowest BCUT2D eigenvalue weighted by atomic mass is 9.69. The molecule has 0 saturated heterocycles. The third-order valence-electron chi connectivity index (χ3n) is 6.07. The molecule has 3 N–H and O–H groups in total. The van der Waals surface area contributed by atoms with Crippen LogP contribution in [-0.2, 0) is 9.53 Å². The van der Waals surface area contributed by atoms with Crippen molar-refractivity contribution < 1.29 is 19.4 Å². The van der Waals surface area contributed by atoms with Gasteiger partial charge in [0.1, 0.15) is 0 Å². The van der Waals surface area contributed by atoms with E-state index in [2.05, 4.69) is 19.9 Å². The van der Waals surface area contributed by atoms with E-state index in [1.165, 1.54) is 7.11 Å². The molecule has 0 amide bonds. The highest BCUT2D eigenvalue weighted by atomic mass is 16.5. The Morgan fingerprint density at radius 2 is 1.97 bits per heavy atom. The summed E-state index contributed by atoms with van der Waals surface area (Å²) in [5.74, 6) is 0.724. The number of anilines is 1. The molecule has 4 rings (SSSR count). The number of nitrogens with zero attached hydrogens (tertiary/aromatic N) is 4. The van der Waals surface area contributed by atoms with Crippen molar-refractivity contribution in [2.75, 3.05) is 26.1 Å². The molecule has 2 aliphatic carbocycles. The van der Waals surface area contributed by atoms with Crippen LogP contribution in [0.3, 0.4) is 0 Å². The summed E-state index contributed by atoms with van der Waals surface area (Å²) < 4.78 is 10.7. The number of nitrogen functional groups attached to an aromatic ring is 1. The van der Waals surface area contributed by atoms with E-state index >= 15 is 0 Å². The van der Waals surface area contributed by atoms with Gasteiger partial charge in [0.25, 0.3) is 0 Å². The van der Waals surface area contributed by atoms with Gasteiger partial charge in [-0.15, -0.1) is 0 Å². The number of ether oxygens (including phenoxy) is 2. The number of fused-ring (bicyclic) bond motifs is 1. The molecule has 2 aromatic rings. The smallest absolute Gasteiger partial charge is 0.316 e. The molecule has 1 saturated carbocycles. The topological polar surface area (TPSA) is 133 Å². The van der Waals surface area contributed by atoms with Crippen LogP contribution in [0.5, 0.6) is 6.01 Å². The summed E-state index contributed by atoms with van der Waals surface area (Å²) in [6.45, 7) is 2.25. The number of ketones is 1. The molecule has 1 atom stereocenters. The number of allylic oxidation sites excluding steroid dienone is 1. The number of methoxy groups -OCH3 is 1. The van der Waals surface area contributed by atoms with Crippen molar-refractivity contribution in [3.05, 3.63) is 34.9 Å².